The van der Waals surface area contributed by atoms with Gasteiger partial charge < -0.3 is 28.5 Å². The van der Waals surface area contributed by atoms with E-state index in [0.717, 1.165) is 89.9 Å². The van der Waals surface area contributed by atoms with E-state index >= 15 is 0 Å². The number of ether oxygens (including phenoxy) is 4. The number of nitrogens with zero attached hydrogens (tertiary/aromatic N) is 1. The second-order valence-electron chi connectivity index (χ2n) is 28.0. The maximum absolute atomic E-state index is 13.0. The molecule has 0 fully saturated rings. The molecule has 0 saturated carbocycles. The van der Waals surface area contributed by atoms with Gasteiger partial charge in [0.1, 0.15) is 13.2 Å². The van der Waals surface area contributed by atoms with Crippen LogP contribution in [0.1, 0.15) is 361 Å². The van der Waals surface area contributed by atoms with Crippen molar-refractivity contribution in [3.63, 3.8) is 0 Å². The first-order chi connectivity index (χ1) is 46.6. The number of likely N-dealkylation sites (N-methyl/N-ethyl adjacent to an activating group) is 1. The van der Waals surface area contributed by atoms with Crippen LogP contribution in [0.5, 0.6) is 0 Å². The molecule has 0 amide bonds. The summed E-state index contributed by atoms with van der Waals surface area (Å²) >= 11 is 0. The standard InChI is InChI=1S/C86H151NO8/c1-6-8-10-12-14-16-18-20-22-24-26-28-30-32-34-36-38-40-41-42-43-45-46-48-50-52-54-56-58-60-62-64-66-68-70-72-74-76-83(88)93-80-82(81-94-86(85(90)91)92-79-78-87(3,4)5)95-84(89)77-75-73-71-69-67-65-63-61-59-57-55-53-51-49-47-44-39-37-35-33-31-29-27-25-23-21-19-17-15-13-11-9-7-2/h9,11,15,17-18,20-21,23-24,26-27,29-30,32-33,35,39,44,82,86H,6-8,10,12-14,16,19,22,25,28,31,34,36-38,40-43,45-81H2,1-5H3/p+1/b11-9-,17-15-,20-18-,23-21-,26-24-,29-27-,32-30-,35-33-,44-39-. The van der Waals surface area contributed by atoms with Gasteiger partial charge in [0.15, 0.2) is 6.10 Å². The van der Waals surface area contributed by atoms with Crippen LogP contribution >= 0.6 is 0 Å². The predicted octanol–water partition coefficient (Wildman–Crippen LogP) is 25.7. The molecule has 2 unspecified atom stereocenters. The molecule has 0 aliphatic heterocycles. The fraction of sp³-hybridized carbons (Fsp3) is 0.756. The molecule has 0 bridgehead atoms. The molecule has 0 heterocycles. The number of carbonyl (C=O) groups excluding carboxylic acids is 2. The van der Waals surface area contributed by atoms with Gasteiger partial charge in [0, 0.05) is 12.8 Å². The smallest absolute Gasteiger partial charge is 0.361 e. The Kier molecular flexibility index (Phi) is 72.5. The SMILES string of the molecule is CC/C=C\C/C=C\C/C=C\C/C=C\C/C=C\C/C=C\CCCCCCCCCCCCCCCCC(=O)OC(COC(=O)CCCCCCCCCCCCCCCCCCCCCCCC/C=C\C/C=C\C/C=C\CCCCCCC)COC(OCC[N+](C)(C)C)C(=O)O. The Labute approximate surface area is 587 Å². The third kappa shape index (κ3) is 77.2. The van der Waals surface area contributed by atoms with Crippen LogP contribution in [-0.2, 0) is 33.3 Å². The van der Waals surface area contributed by atoms with E-state index in [0.29, 0.717) is 17.4 Å². The normalized spacial score (nSPS) is 13.2. The monoisotopic (exact) mass is 1330 g/mol. The lowest BCUT2D eigenvalue weighted by Crippen LogP contribution is -2.40. The minimum atomic E-state index is -1.51. The first-order valence-corrected chi connectivity index (χ1v) is 40.1. The van der Waals surface area contributed by atoms with Crippen LogP contribution in [0.15, 0.2) is 109 Å². The van der Waals surface area contributed by atoms with Crippen molar-refractivity contribution >= 4 is 17.9 Å². The van der Waals surface area contributed by atoms with Crippen molar-refractivity contribution < 1.29 is 42.9 Å². The second-order valence-corrected chi connectivity index (χ2v) is 28.0. The summed E-state index contributed by atoms with van der Waals surface area (Å²) in [5, 5.41) is 9.78. The zero-order valence-corrected chi connectivity index (χ0v) is 62.8. The first-order valence-electron chi connectivity index (χ1n) is 40.1. The number of esters is 2. The summed E-state index contributed by atoms with van der Waals surface area (Å²) in [7, 11) is 5.99. The Morgan fingerprint density at radius 3 is 0.895 bits per heavy atom. The number of allylic oxidation sites excluding steroid dienone is 18. The summed E-state index contributed by atoms with van der Waals surface area (Å²) in [4.78, 5) is 37.7. The molecule has 548 valence electrons. The van der Waals surface area contributed by atoms with Crippen molar-refractivity contribution in [3.8, 4) is 0 Å². The van der Waals surface area contributed by atoms with Crippen LogP contribution in [0.3, 0.4) is 0 Å². The molecule has 9 heteroatoms. The van der Waals surface area contributed by atoms with Gasteiger partial charge in [-0.05, 0) is 103 Å². The highest BCUT2D eigenvalue weighted by atomic mass is 16.7. The van der Waals surface area contributed by atoms with Gasteiger partial charge >= 0.3 is 17.9 Å². The topological polar surface area (TPSA) is 108 Å². The van der Waals surface area contributed by atoms with E-state index in [-0.39, 0.29) is 32.2 Å². The molecule has 0 aromatic rings. The predicted molar refractivity (Wildman–Crippen MR) is 410 cm³/mol. The number of unbranched alkanes of at least 4 members (excludes halogenated alkanes) is 41. The Bertz CT molecular complexity index is 1930. The maximum atomic E-state index is 13.0. The van der Waals surface area contributed by atoms with E-state index in [9.17, 15) is 19.5 Å². The number of quaternary nitrogens is 1. The van der Waals surface area contributed by atoms with E-state index in [4.69, 9.17) is 18.9 Å². The van der Waals surface area contributed by atoms with Gasteiger partial charge in [0.25, 0.3) is 6.29 Å². The lowest BCUT2D eigenvalue weighted by molar-refractivity contribution is -0.870. The summed E-state index contributed by atoms with van der Waals surface area (Å²) in [5.74, 6) is -1.99. The molecular formula is C86H152NO8+. The second kappa shape index (κ2) is 75.7. The number of hydrogen-bond acceptors (Lipinski definition) is 7. The summed E-state index contributed by atoms with van der Waals surface area (Å²) in [6.07, 6.45) is 104. The minimum absolute atomic E-state index is 0.182. The van der Waals surface area contributed by atoms with Gasteiger partial charge in [-0.25, -0.2) is 4.79 Å². The largest absolute Gasteiger partial charge is 0.477 e. The number of carboxylic acids is 1. The molecule has 0 rings (SSSR count). The van der Waals surface area contributed by atoms with E-state index in [1.165, 1.54) is 244 Å². The number of hydrogen-bond donors (Lipinski definition) is 1. The number of carbonyl (C=O) groups is 3. The van der Waals surface area contributed by atoms with Crippen molar-refractivity contribution in [2.75, 3.05) is 47.5 Å². The highest BCUT2D eigenvalue weighted by molar-refractivity contribution is 5.71. The molecule has 0 aliphatic rings. The lowest BCUT2D eigenvalue weighted by Gasteiger charge is -2.25. The molecule has 0 aromatic heterocycles. The fourth-order valence-corrected chi connectivity index (χ4v) is 11.4. The zero-order chi connectivity index (χ0) is 69.0. The van der Waals surface area contributed by atoms with Gasteiger partial charge in [-0.15, -0.1) is 0 Å². The molecule has 0 aromatic carbocycles. The molecular weight excluding hydrogens is 1170 g/mol. The summed E-state index contributed by atoms with van der Waals surface area (Å²) in [6, 6.07) is 0. The average Bonchev–Trinajstić information content (AvgIpc) is 3.75. The molecule has 2 atom stereocenters. The zero-order valence-electron chi connectivity index (χ0n) is 62.8. The van der Waals surface area contributed by atoms with Gasteiger partial charge in [0.2, 0.25) is 0 Å². The van der Waals surface area contributed by atoms with E-state index in [2.05, 4.69) is 123 Å². The molecule has 0 radical (unpaired) electrons. The average molecular weight is 1330 g/mol. The quantitative estimate of drug-likeness (QED) is 0.0211. The van der Waals surface area contributed by atoms with Crippen molar-refractivity contribution in [1.29, 1.82) is 0 Å². The minimum Gasteiger partial charge on any atom is -0.477 e. The Hall–Kier alpha value is -4.05. The maximum Gasteiger partial charge on any atom is 0.361 e. The molecule has 1 N–H and O–H groups in total. The van der Waals surface area contributed by atoms with Crippen molar-refractivity contribution in [2.45, 2.75) is 373 Å². The van der Waals surface area contributed by atoms with Gasteiger partial charge in [0.05, 0.1) is 34.4 Å². The first kappa shape index (κ1) is 91.0. The van der Waals surface area contributed by atoms with Crippen LogP contribution in [0.4, 0.5) is 0 Å². The van der Waals surface area contributed by atoms with Crippen LogP contribution < -0.4 is 0 Å². The third-order valence-electron chi connectivity index (χ3n) is 17.5. The third-order valence-corrected chi connectivity index (χ3v) is 17.5. The number of aliphatic carboxylic acids is 1. The molecule has 95 heavy (non-hydrogen) atoms. The van der Waals surface area contributed by atoms with Crippen LogP contribution in [0.2, 0.25) is 0 Å². The molecule has 0 spiro atoms. The van der Waals surface area contributed by atoms with Crippen molar-refractivity contribution in [2.24, 2.45) is 0 Å². The highest BCUT2D eigenvalue weighted by Crippen LogP contribution is 2.19. The Morgan fingerprint density at radius 1 is 0.326 bits per heavy atom. The molecule has 0 aliphatic carbocycles. The summed E-state index contributed by atoms with van der Waals surface area (Å²) < 4.78 is 23.1. The molecule has 9 nitrogen and oxygen atoms in total. The Balaban J connectivity index is 4.02. The van der Waals surface area contributed by atoms with E-state index < -0.39 is 24.3 Å². The summed E-state index contributed by atoms with van der Waals surface area (Å²) in [5.41, 5.74) is 0. The van der Waals surface area contributed by atoms with E-state index in [1.54, 1.807) is 0 Å². The highest BCUT2D eigenvalue weighted by Gasteiger charge is 2.25. The van der Waals surface area contributed by atoms with Crippen molar-refractivity contribution in [1.82, 2.24) is 0 Å². The van der Waals surface area contributed by atoms with Crippen LogP contribution in [0.25, 0.3) is 0 Å². The van der Waals surface area contributed by atoms with E-state index in [1.807, 2.05) is 21.1 Å². The van der Waals surface area contributed by atoms with Gasteiger partial charge in [-0.1, -0.05) is 354 Å². The van der Waals surface area contributed by atoms with Gasteiger partial charge in [-0.3, -0.25) is 9.59 Å². The molecule has 0 saturated heterocycles. The lowest BCUT2D eigenvalue weighted by atomic mass is 10.0. The fourth-order valence-electron chi connectivity index (χ4n) is 11.4. The van der Waals surface area contributed by atoms with Gasteiger partial charge in [-0.2, -0.15) is 0 Å². The summed E-state index contributed by atoms with van der Waals surface area (Å²) in [6.45, 7) is 4.79. The number of carboxylic acid groups (broad SMARTS) is 1. The Morgan fingerprint density at radius 2 is 0.600 bits per heavy atom. The van der Waals surface area contributed by atoms with Crippen LogP contribution in [0, 0.1) is 0 Å². The van der Waals surface area contributed by atoms with Crippen LogP contribution in [-0.4, -0.2) is 87.4 Å². The van der Waals surface area contributed by atoms with Crippen molar-refractivity contribution in [3.05, 3.63) is 109 Å². The number of rotatable bonds is 74.